The van der Waals surface area contributed by atoms with Crippen LogP contribution >= 0.6 is 11.6 Å². The summed E-state index contributed by atoms with van der Waals surface area (Å²) >= 11 is 5.96. The first kappa shape index (κ1) is 13.6. The molecule has 0 amide bonds. The maximum absolute atomic E-state index is 13.7. The van der Waals surface area contributed by atoms with E-state index in [4.69, 9.17) is 16.1 Å². The lowest BCUT2D eigenvalue weighted by atomic mass is 10.1. The Morgan fingerprint density at radius 3 is 2.76 bits per heavy atom. The third kappa shape index (κ3) is 2.87. The highest BCUT2D eigenvalue weighted by Gasteiger charge is 2.14. The van der Waals surface area contributed by atoms with Crippen LogP contribution in [0, 0.1) is 5.82 Å². The van der Waals surface area contributed by atoms with Gasteiger partial charge in [-0.15, -0.1) is 0 Å². The lowest BCUT2D eigenvalue weighted by Gasteiger charge is -2.01. The molecule has 0 saturated heterocycles. The van der Waals surface area contributed by atoms with Gasteiger partial charge in [-0.2, -0.15) is 4.98 Å². The molecule has 21 heavy (non-hydrogen) atoms. The molecule has 2 aromatic carbocycles. The summed E-state index contributed by atoms with van der Waals surface area (Å²) in [6.45, 7) is 0. The standard InChI is InChI=1S/C15H10ClFN2O2/c16-12-5-2-6-13(17)11(12)8-14-18-15(21-19-14)9-3-1-4-10(20)7-9/h1-7,20H,8H2. The number of nitrogens with zero attached hydrogens (tertiary/aromatic N) is 2. The van der Waals surface area contributed by atoms with Gasteiger partial charge in [-0.1, -0.05) is 28.9 Å². The lowest BCUT2D eigenvalue weighted by molar-refractivity contribution is 0.423. The van der Waals surface area contributed by atoms with Crippen LogP contribution in [-0.2, 0) is 6.42 Å². The van der Waals surface area contributed by atoms with E-state index in [2.05, 4.69) is 10.1 Å². The Hall–Kier alpha value is -2.40. The Morgan fingerprint density at radius 2 is 2.00 bits per heavy atom. The van der Waals surface area contributed by atoms with Gasteiger partial charge < -0.3 is 9.63 Å². The van der Waals surface area contributed by atoms with Crippen molar-refractivity contribution >= 4 is 11.6 Å². The van der Waals surface area contributed by atoms with E-state index >= 15 is 0 Å². The number of hydrogen-bond acceptors (Lipinski definition) is 4. The molecule has 0 bridgehead atoms. The van der Waals surface area contributed by atoms with Crippen molar-refractivity contribution < 1.29 is 14.0 Å². The zero-order valence-corrected chi connectivity index (χ0v) is 11.5. The van der Waals surface area contributed by atoms with Crippen LogP contribution in [0.2, 0.25) is 5.02 Å². The van der Waals surface area contributed by atoms with Gasteiger partial charge in [0.05, 0.1) is 0 Å². The van der Waals surface area contributed by atoms with E-state index in [1.165, 1.54) is 18.2 Å². The molecule has 3 rings (SSSR count). The van der Waals surface area contributed by atoms with Crippen LogP contribution in [0.3, 0.4) is 0 Å². The Labute approximate surface area is 124 Å². The molecule has 106 valence electrons. The van der Waals surface area contributed by atoms with Crippen molar-refractivity contribution in [3.05, 3.63) is 64.7 Å². The van der Waals surface area contributed by atoms with E-state index in [0.29, 0.717) is 22.0 Å². The molecule has 0 aliphatic carbocycles. The predicted molar refractivity (Wildman–Crippen MR) is 75.6 cm³/mol. The minimum atomic E-state index is -0.411. The van der Waals surface area contributed by atoms with Gasteiger partial charge in [-0.25, -0.2) is 4.39 Å². The van der Waals surface area contributed by atoms with Crippen molar-refractivity contribution in [2.75, 3.05) is 0 Å². The Balaban J connectivity index is 1.89. The van der Waals surface area contributed by atoms with Crippen molar-refractivity contribution in [2.24, 2.45) is 0 Å². The summed E-state index contributed by atoms with van der Waals surface area (Å²) in [6.07, 6.45) is 0.133. The van der Waals surface area contributed by atoms with Crippen molar-refractivity contribution in [1.82, 2.24) is 10.1 Å². The van der Waals surface area contributed by atoms with Gasteiger partial charge in [0.15, 0.2) is 5.82 Å². The fourth-order valence-electron chi connectivity index (χ4n) is 1.94. The first-order valence-corrected chi connectivity index (χ1v) is 6.56. The molecule has 1 heterocycles. The van der Waals surface area contributed by atoms with Crippen LogP contribution < -0.4 is 0 Å². The molecule has 4 nitrogen and oxygen atoms in total. The molecule has 0 saturated carbocycles. The molecule has 0 radical (unpaired) electrons. The molecule has 6 heteroatoms. The third-order valence-corrected chi connectivity index (χ3v) is 3.31. The largest absolute Gasteiger partial charge is 0.508 e. The number of aromatic nitrogens is 2. The molecule has 0 fully saturated rings. The minimum absolute atomic E-state index is 0.101. The highest BCUT2D eigenvalue weighted by Crippen LogP contribution is 2.24. The smallest absolute Gasteiger partial charge is 0.258 e. The van der Waals surface area contributed by atoms with Gasteiger partial charge >= 0.3 is 0 Å². The van der Waals surface area contributed by atoms with Gasteiger partial charge in [0.2, 0.25) is 0 Å². The topological polar surface area (TPSA) is 59.2 Å². The maximum Gasteiger partial charge on any atom is 0.258 e. The number of phenols is 1. The quantitative estimate of drug-likeness (QED) is 0.799. The molecular formula is C15H10ClFN2O2. The Kier molecular flexibility index (Phi) is 3.58. The summed E-state index contributed by atoms with van der Waals surface area (Å²) in [5.41, 5.74) is 0.913. The minimum Gasteiger partial charge on any atom is -0.508 e. The number of benzene rings is 2. The second kappa shape index (κ2) is 5.54. The molecule has 0 spiro atoms. The second-order valence-electron chi connectivity index (χ2n) is 4.44. The van der Waals surface area contributed by atoms with Gasteiger partial charge in [0, 0.05) is 22.6 Å². The fourth-order valence-corrected chi connectivity index (χ4v) is 2.17. The SMILES string of the molecule is Oc1cccc(-c2nc(Cc3c(F)cccc3Cl)no2)c1. The Bertz CT molecular complexity index is 769. The first-order valence-electron chi connectivity index (χ1n) is 6.18. The van der Waals surface area contributed by atoms with Crippen LogP contribution in [-0.4, -0.2) is 15.2 Å². The summed E-state index contributed by atoms with van der Waals surface area (Å²) < 4.78 is 18.8. The second-order valence-corrected chi connectivity index (χ2v) is 4.85. The molecule has 0 unspecified atom stereocenters. The van der Waals surface area contributed by atoms with Gasteiger partial charge in [-0.3, -0.25) is 0 Å². The van der Waals surface area contributed by atoms with E-state index < -0.39 is 5.82 Å². The number of halogens is 2. The van der Waals surface area contributed by atoms with Crippen molar-refractivity contribution in [1.29, 1.82) is 0 Å². The maximum atomic E-state index is 13.7. The van der Waals surface area contributed by atoms with Gasteiger partial charge in [0.25, 0.3) is 5.89 Å². The van der Waals surface area contributed by atoms with Gasteiger partial charge in [-0.05, 0) is 30.3 Å². The van der Waals surface area contributed by atoms with E-state index in [0.717, 1.165) is 0 Å². The fraction of sp³-hybridized carbons (Fsp3) is 0.0667. The van der Waals surface area contributed by atoms with E-state index in [-0.39, 0.29) is 18.1 Å². The average Bonchev–Trinajstić information content (AvgIpc) is 2.92. The zero-order valence-electron chi connectivity index (χ0n) is 10.8. The molecule has 0 aliphatic heterocycles. The lowest BCUT2D eigenvalue weighted by Crippen LogP contribution is -1.95. The summed E-state index contributed by atoms with van der Waals surface area (Å²) in [5, 5.41) is 13.6. The number of rotatable bonds is 3. The van der Waals surface area contributed by atoms with Gasteiger partial charge in [0.1, 0.15) is 11.6 Å². The average molecular weight is 305 g/mol. The molecule has 1 N–H and O–H groups in total. The molecular weight excluding hydrogens is 295 g/mol. The summed E-state index contributed by atoms with van der Waals surface area (Å²) in [7, 11) is 0. The van der Waals surface area contributed by atoms with Crippen LogP contribution in [0.4, 0.5) is 4.39 Å². The number of aromatic hydroxyl groups is 1. The molecule has 3 aromatic rings. The van der Waals surface area contributed by atoms with Crippen LogP contribution in [0.5, 0.6) is 5.75 Å². The molecule has 1 aromatic heterocycles. The highest BCUT2D eigenvalue weighted by molar-refractivity contribution is 6.31. The van der Waals surface area contributed by atoms with Crippen molar-refractivity contribution in [3.63, 3.8) is 0 Å². The number of hydrogen-bond donors (Lipinski definition) is 1. The number of phenolic OH excluding ortho intramolecular Hbond substituents is 1. The van der Waals surface area contributed by atoms with Crippen LogP contribution in [0.15, 0.2) is 47.0 Å². The van der Waals surface area contributed by atoms with E-state index in [9.17, 15) is 9.50 Å². The first-order chi connectivity index (χ1) is 10.1. The zero-order chi connectivity index (χ0) is 14.8. The van der Waals surface area contributed by atoms with Crippen LogP contribution in [0.1, 0.15) is 11.4 Å². The normalized spacial score (nSPS) is 10.8. The van der Waals surface area contributed by atoms with Crippen molar-refractivity contribution in [3.8, 4) is 17.2 Å². The molecule has 0 aliphatic rings. The predicted octanol–water partition coefficient (Wildman–Crippen LogP) is 3.83. The Morgan fingerprint density at radius 1 is 1.19 bits per heavy atom. The van der Waals surface area contributed by atoms with Crippen molar-refractivity contribution in [2.45, 2.75) is 6.42 Å². The molecule has 0 atom stereocenters. The van der Waals surface area contributed by atoms with E-state index in [1.807, 2.05) is 0 Å². The highest BCUT2D eigenvalue weighted by atomic mass is 35.5. The monoisotopic (exact) mass is 304 g/mol. The summed E-state index contributed by atoms with van der Waals surface area (Å²) in [5.74, 6) is 0.268. The summed E-state index contributed by atoms with van der Waals surface area (Å²) in [4.78, 5) is 4.18. The van der Waals surface area contributed by atoms with E-state index in [1.54, 1.807) is 24.3 Å². The van der Waals surface area contributed by atoms with Crippen LogP contribution in [0.25, 0.3) is 11.5 Å². The summed E-state index contributed by atoms with van der Waals surface area (Å²) in [6, 6.07) is 10.9. The third-order valence-electron chi connectivity index (χ3n) is 2.96.